The van der Waals surface area contributed by atoms with E-state index in [1.165, 1.54) is 13.0 Å². The predicted octanol–water partition coefficient (Wildman–Crippen LogP) is 1.36. The van der Waals surface area contributed by atoms with Crippen molar-refractivity contribution in [3.05, 3.63) is 0 Å². The van der Waals surface area contributed by atoms with Crippen molar-refractivity contribution in [2.75, 3.05) is 6.54 Å². The van der Waals surface area contributed by atoms with E-state index in [1.807, 2.05) is 6.92 Å². The molecular weight excluding hydrogens is 200 g/mol. The molecule has 94 valence electrons. The Bertz CT molecular complexity index is 244. The molecule has 1 heterocycles. The van der Waals surface area contributed by atoms with Crippen LogP contribution in [0.15, 0.2) is 0 Å². The quantitative estimate of drug-likeness (QED) is 0.763. The van der Waals surface area contributed by atoms with Gasteiger partial charge in [-0.2, -0.15) is 0 Å². The molecular formula is C13H26N2O. The first-order chi connectivity index (χ1) is 7.39. The molecule has 1 aliphatic carbocycles. The van der Waals surface area contributed by atoms with E-state index in [0.29, 0.717) is 24.2 Å². The largest absolute Gasteiger partial charge is 0.390 e. The van der Waals surface area contributed by atoms with E-state index in [1.54, 1.807) is 0 Å². The Morgan fingerprint density at radius 3 is 2.44 bits per heavy atom. The SMILES string of the molecule is CC(C)N1CCC(NC2CC(C)(O)C2)C1C. The van der Waals surface area contributed by atoms with Crippen molar-refractivity contribution in [3.63, 3.8) is 0 Å². The van der Waals surface area contributed by atoms with Crippen molar-refractivity contribution in [3.8, 4) is 0 Å². The Kier molecular flexibility index (Phi) is 3.30. The highest BCUT2D eigenvalue weighted by molar-refractivity contribution is 4.99. The van der Waals surface area contributed by atoms with Gasteiger partial charge in [-0.05, 0) is 47.0 Å². The summed E-state index contributed by atoms with van der Waals surface area (Å²) in [5.41, 5.74) is -0.406. The summed E-state index contributed by atoms with van der Waals surface area (Å²) in [5, 5.41) is 13.4. The molecule has 1 saturated heterocycles. The van der Waals surface area contributed by atoms with Gasteiger partial charge in [0.2, 0.25) is 0 Å². The second-order valence-corrected chi connectivity index (χ2v) is 6.24. The molecule has 2 fully saturated rings. The number of nitrogens with one attached hydrogen (secondary N) is 1. The molecule has 16 heavy (non-hydrogen) atoms. The minimum Gasteiger partial charge on any atom is -0.390 e. The van der Waals surface area contributed by atoms with Gasteiger partial charge in [0.25, 0.3) is 0 Å². The van der Waals surface area contributed by atoms with Crippen LogP contribution >= 0.6 is 0 Å². The molecule has 0 spiro atoms. The first kappa shape index (κ1) is 12.3. The summed E-state index contributed by atoms with van der Waals surface area (Å²) < 4.78 is 0. The van der Waals surface area contributed by atoms with Gasteiger partial charge in [0.15, 0.2) is 0 Å². The van der Waals surface area contributed by atoms with Crippen LogP contribution < -0.4 is 5.32 Å². The Hall–Kier alpha value is -0.120. The van der Waals surface area contributed by atoms with Crippen molar-refractivity contribution in [1.29, 1.82) is 0 Å². The lowest BCUT2D eigenvalue weighted by Gasteiger charge is -2.43. The third kappa shape index (κ3) is 2.41. The fraction of sp³-hybridized carbons (Fsp3) is 1.00. The van der Waals surface area contributed by atoms with Crippen molar-refractivity contribution >= 4 is 0 Å². The lowest BCUT2D eigenvalue weighted by molar-refractivity contribution is -0.0425. The van der Waals surface area contributed by atoms with Crippen molar-refractivity contribution < 1.29 is 5.11 Å². The number of likely N-dealkylation sites (tertiary alicyclic amines) is 1. The molecule has 2 atom stereocenters. The van der Waals surface area contributed by atoms with E-state index >= 15 is 0 Å². The topological polar surface area (TPSA) is 35.5 Å². The molecule has 0 aromatic heterocycles. The molecule has 0 aromatic rings. The van der Waals surface area contributed by atoms with Crippen molar-refractivity contribution in [1.82, 2.24) is 10.2 Å². The van der Waals surface area contributed by atoms with Gasteiger partial charge in [0.1, 0.15) is 0 Å². The first-order valence-corrected chi connectivity index (χ1v) is 6.63. The monoisotopic (exact) mass is 226 g/mol. The number of nitrogens with zero attached hydrogens (tertiary/aromatic N) is 1. The van der Waals surface area contributed by atoms with Crippen LogP contribution in [0.2, 0.25) is 0 Å². The molecule has 3 nitrogen and oxygen atoms in total. The molecule has 1 saturated carbocycles. The molecule has 3 heteroatoms. The molecule has 0 radical (unpaired) electrons. The minimum atomic E-state index is -0.406. The van der Waals surface area contributed by atoms with E-state index < -0.39 is 5.60 Å². The van der Waals surface area contributed by atoms with Crippen molar-refractivity contribution in [2.45, 2.75) is 76.7 Å². The van der Waals surface area contributed by atoms with Crippen LogP contribution in [-0.4, -0.2) is 46.3 Å². The maximum atomic E-state index is 9.71. The maximum Gasteiger partial charge on any atom is 0.0649 e. The molecule has 2 aliphatic rings. The summed E-state index contributed by atoms with van der Waals surface area (Å²) >= 11 is 0. The Morgan fingerprint density at radius 1 is 1.38 bits per heavy atom. The van der Waals surface area contributed by atoms with Crippen LogP contribution in [0, 0.1) is 0 Å². The molecule has 0 amide bonds. The third-order valence-electron chi connectivity index (χ3n) is 4.29. The minimum absolute atomic E-state index is 0.406. The Labute approximate surface area is 99.2 Å². The summed E-state index contributed by atoms with van der Waals surface area (Å²) in [6.45, 7) is 10.0. The van der Waals surface area contributed by atoms with Gasteiger partial charge in [-0.25, -0.2) is 0 Å². The summed E-state index contributed by atoms with van der Waals surface area (Å²) in [6, 6.07) is 2.43. The van der Waals surface area contributed by atoms with Crippen LogP contribution in [0.4, 0.5) is 0 Å². The fourth-order valence-electron chi connectivity index (χ4n) is 3.34. The first-order valence-electron chi connectivity index (χ1n) is 6.63. The second kappa shape index (κ2) is 4.28. The summed E-state index contributed by atoms with van der Waals surface area (Å²) in [4.78, 5) is 2.56. The standard InChI is InChI=1S/C13H26N2O/c1-9(2)15-6-5-12(10(15)3)14-11-7-13(4,16)8-11/h9-12,14,16H,5-8H2,1-4H3. The highest BCUT2D eigenvalue weighted by Crippen LogP contribution is 2.33. The fourth-order valence-corrected chi connectivity index (χ4v) is 3.34. The van der Waals surface area contributed by atoms with E-state index in [9.17, 15) is 5.11 Å². The second-order valence-electron chi connectivity index (χ2n) is 6.24. The highest BCUT2D eigenvalue weighted by Gasteiger charge is 2.41. The molecule has 2 rings (SSSR count). The van der Waals surface area contributed by atoms with Gasteiger partial charge in [-0.1, -0.05) is 0 Å². The van der Waals surface area contributed by atoms with E-state index in [2.05, 4.69) is 31.0 Å². The summed E-state index contributed by atoms with van der Waals surface area (Å²) in [5.74, 6) is 0. The molecule has 1 aliphatic heterocycles. The Balaban J connectivity index is 1.80. The number of hydrogen-bond donors (Lipinski definition) is 2. The van der Waals surface area contributed by atoms with Crippen LogP contribution in [0.1, 0.15) is 47.0 Å². The lowest BCUT2D eigenvalue weighted by atomic mass is 9.77. The molecule has 0 bridgehead atoms. The molecule has 2 unspecified atom stereocenters. The maximum absolute atomic E-state index is 9.71. The van der Waals surface area contributed by atoms with Crippen molar-refractivity contribution in [2.24, 2.45) is 0 Å². The predicted molar refractivity (Wildman–Crippen MR) is 66.5 cm³/mol. The molecule has 0 aromatic carbocycles. The normalized spacial score (nSPS) is 45.0. The van der Waals surface area contributed by atoms with Gasteiger partial charge in [-0.15, -0.1) is 0 Å². The Morgan fingerprint density at radius 2 is 2.00 bits per heavy atom. The number of hydrogen-bond acceptors (Lipinski definition) is 3. The summed E-state index contributed by atoms with van der Waals surface area (Å²) in [6.07, 6.45) is 3.08. The zero-order valence-electron chi connectivity index (χ0n) is 11.0. The van der Waals surface area contributed by atoms with Crippen LogP contribution in [0.5, 0.6) is 0 Å². The van der Waals surface area contributed by atoms with Crippen LogP contribution in [0.3, 0.4) is 0 Å². The zero-order valence-corrected chi connectivity index (χ0v) is 11.0. The third-order valence-corrected chi connectivity index (χ3v) is 4.29. The zero-order chi connectivity index (χ0) is 11.9. The van der Waals surface area contributed by atoms with Crippen LogP contribution in [-0.2, 0) is 0 Å². The van der Waals surface area contributed by atoms with Gasteiger partial charge >= 0.3 is 0 Å². The van der Waals surface area contributed by atoms with E-state index in [4.69, 9.17) is 0 Å². The van der Waals surface area contributed by atoms with Gasteiger partial charge in [-0.3, -0.25) is 4.90 Å². The molecule has 2 N–H and O–H groups in total. The lowest BCUT2D eigenvalue weighted by Crippen LogP contribution is -2.56. The van der Waals surface area contributed by atoms with E-state index in [0.717, 1.165) is 12.8 Å². The average molecular weight is 226 g/mol. The van der Waals surface area contributed by atoms with Gasteiger partial charge in [0, 0.05) is 30.7 Å². The van der Waals surface area contributed by atoms with E-state index in [-0.39, 0.29) is 0 Å². The number of aliphatic hydroxyl groups is 1. The van der Waals surface area contributed by atoms with Gasteiger partial charge in [0.05, 0.1) is 5.60 Å². The average Bonchev–Trinajstić information content (AvgIpc) is 2.45. The summed E-state index contributed by atoms with van der Waals surface area (Å²) in [7, 11) is 0. The van der Waals surface area contributed by atoms with Crippen LogP contribution in [0.25, 0.3) is 0 Å². The van der Waals surface area contributed by atoms with Gasteiger partial charge < -0.3 is 10.4 Å². The number of rotatable bonds is 3. The highest BCUT2D eigenvalue weighted by atomic mass is 16.3. The smallest absolute Gasteiger partial charge is 0.0649 e.